The lowest BCUT2D eigenvalue weighted by atomic mass is 9.86. The van der Waals surface area contributed by atoms with Gasteiger partial charge in [-0.3, -0.25) is 9.59 Å². The van der Waals surface area contributed by atoms with Crippen LogP contribution in [0.25, 0.3) is 0 Å². The fraction of sp³-hybridized carbons (Fsp3) is 0.738. The van der Waals surface area contributed by atoms with Gasteiger partial charge in [0.25, 0.3) is 0 Å². The number of carbonyl (C=O) groups excluding carboxylic acids is 3. The molecular formula is C42H64O10. The van der Waals surface area contributed by atoms with Crippen LogP contribution in [-0.4, -0.2) is 53.2 Å². The predicted octanol–water partition coefficient (Wildman–Crippen LogP) is 9.46. The fourth-order valence-electron chi connectivity index (χ4n) is 7.36. The standard InChI is InChI=1S/C42H64O10/c1-28(2)14-11-15-29(3)16-12-17-30(4)18-13-24-42(7)25-23-31-26-32(21-22-33(31)52-42)48-35(43)19-9-8-10-20-36(44)49-39-37(45)40(46)50-38(39)34-27-47-41(5,6)51-34/h21-22,26,28-30,34,38,45H,8-20,23-25,27H2,1-7H3/t29-,30-,34?,38-,42-/m1/s1. The molecule has 1 N–H and O–H groups in total. The highest BCUT2D eigenvalue weighted by molar-refractivity contribution is 5.90. The molecule has 0 aromatic heterocycles. The van der Waals surface area contributed by atoms with Crippen molar-refractivity contribution in [2.75, 3.05) is 6.61 Å². The molecule has 1 unspecified atom stereocenters. The largest absolute Gasteiger partial charge is 0.499 e. The van der Waals surface area contributed by atoms with Crippen molar-refractivity contribution < 1.29 is 47.9 Å². The molecule has 0 spiro atoms. The number of aliphatic hydroxyl groups excluding tert-OH is 1. The number of hydrogen-bond acceptors (Lipinski definition) is 10. The van der Waals surface area contributed by atoms with Crippen LogP contribution in [0.4, 0.5) is 0 Å². The van der Waals surface area contributed by atoms with E-state index in [4.69, 9.17) is 28.4 Å². The molecule has 0 saturated carbocycles. The second-order valence-electron chi connectivity index (χ2n) is 16.6. The lowest BCUT2D eigenvalue weighted by Crippen LogP contribution is -2.36. The molecule has 0 bridgehead atoms. The molecule has 10 heteroatoms. The first-order valence-electron chi connectivity index (χ1n) is 19.8. The van der Waals surface area contributed by atoms with Gasteiger partial charge in [0.1, 0.15) is 23.2 Å². The average Bonchev–Trinajstić information content (AvgIpc) is 3.57. The number of fused-ring (bicyclic) bond motifs is 1. The Morgan fingerprint density at radius 1 is 0.865 bits per heavy atom. The molecule has 1 fully saturated rings. The van der Waals surface area contributed by atoms with Gasteiger partial charge < -0.3 is 33.5 Å². The first-order chi connectivity index (χ1) is 24.6. The highest BCUT2D eigenvalue weighted by Gasteiger charge is 2.48. The molecule has 1 aromatic carbocycles. The van der Waals surface area contributed by atoms with Crippen LogP contribution in [0.15, 0.2) is 29.7 Å². The van der Waals surface area contributed by atoms with Crippen molar-refractivity contribution in [1.29, 1.82) is 0 Å². The molecule has 0 amide bonds. The summed E-state index contributed by atoms with van der Waals surface area (Å²) in [4.78, 5) is 37.0. The summed E-state index contributed by atoms with van der Waals surface area (Å²) in [6.07, 6.45) is 13.4. The topological polar surface area (TPSA) is 127 Å². The molecule has 4 rings (SSSR count). The SMILES string of the molecule is CC(C)CCC[C@@H](C)CCC[C@@H](C)CCC[C@]1(C)CCc2cc(OC(=O)CCCCCC(=O)OC3=C(O)C(=O)O[C@@H]3C3COC(C)(C)O3)ccc2O1. The van der Waals surface area contributed by atoms with Gasteiger partial charge in [-0.15, -0.1) is 0 Å². The van der Waals surface area contributed by atoms with Gasteiger partial charge in [-0.1, -0.05) is 79.1 Å². The number of carbonyl (C=O) groups is 3. The van der Waals surface area contributed by atoms with Crippen molar-refractivity contribution in [3.05, 3.63) is 35.3 Å². The summed E-state index contributed by atoms with van der Waals surface area (Å²) >= 11 is 0. The zero-order valence-electron chi connectivity index (χ0n) is 32.8. The molecule has 52 heavy (non-hydrogen) atoms. The minimum Gasteiger partial charge on any atom is -0.499 e. The van der Waals surface area contributed by atoms with Crippen LogP contribution in [-0.2, 0) is 39.8 Å². The third-order valence-corrected chi connectivity index (χ3v) is 10.6. The van der Waals surface area contributed by atoms with E-state index < -0.39 is 35.7 Å². The number of ether oxygens (including phenoxy) is 6. The first-order valence-corrected chi connectivity index (χ1v) is 19.8. The molecule has 0 aliphatic carbocycles. The van der Waals surface area contributed by atoms with Gasteiger partial charge in [0.15, 0.2) is 11.9 Å². The number of hydrogen-bond donors (Lipinski definition) is 1. The fourth-order valence-corrected chi connectivity index (χ4v) is 7.36. The Morgan fingerprint density at radius 3 is 2.13 bits per heavy atom. The zero-order chi connectivity index (χ0) is 37.9. The minimum absolute atomic E-state index is 0.0428. The molecule has 3 heterocycles. The quantitative estimate of drug-likeness (QED) is 0.0743. The van der Waals surface area contributed by atoms with Gasteiger partial charge in [0, 0.05) is 12.8 Å². The van der Waals surface area contributed by atoms with Crippen molar-refractivity contribution in [3.63, 3.8) is 0 Å². The maximum atomic E-state index is 12.6. The predicted molar refractivity (Wildman–Crippen MR) is 198 cm³/mol. The Hall–Kier alpha value is -3.11. The van der Waals surface area contributed by atoms with E-state index in [0.717, 1.165) is 54.7 Å². The maximum Gasteiger partial charge on any atom is 0.378 e. The maximum absolute atomic E-state index is 12.6. The second kappa shape index (κ2) is 19.3. The first kappa shape index (κ1) is 41.6. The summed E-state index contributed by atoms with van der Waals surface area (Å²) in [5, 5.41) is 10.1. The molecule has 10 nitrogen and oxygen atoms in total. The second-order valence-corrected chi connectivity index (χ2v) is 16.6. The number of benzene rings is 1. The molecule has 5 atom stereocenters. The summed E-state index contributed by atoms with van der Waals surface area (Å²) in [5.41, 5.74) is 0.880. The zero-order valence-corrected chi connectivity index (χ0v) is 32.8. The van der Waals surface area contributed by atoms with Gasteiger partial charge in [0.2, 0.25) is 11.5 Å². The summed E-state index contributed by atoms with van der Waals surface area (Å²) < 4.78 is 33.8. The molecule has 3 aliphatic heterocycles. The molecule has 292 valence electrons. The van der Waals surface area contributed by atoms with E-state index in [1.807, 2.05) is 12.1 Å². The van der Waals surface area contributed by atoms with E-state index in [1.54, 1.807) is 19.9 Å². The van der Waals surface area contributed by atoms with Gasteiger partial charge in [0.05, 0.1) is 6.61 Å². The average molecular weight is 729 g/mol. The van der Waals surface area contributed by atoms with Gasteiger partial charge in [-0.25, -0.2) is 4.79 Å². The van der Waals surface area contributed by atoms with E-state index in [9.17, 15) is 19.5 Å². The lowest BCUT2D eigenvalue weighted by Gasteiger charge is -2.36. The Labute approximate surface area is 311 Å². The summed E-state index contributed by atoms with van der Waals surface area (Å²) in [6.45, 7) is 15.2. The third kappa shape index (κ3) is 13.1. The van der Waals surface area contributed by atoms with Crippen LogP contribution in [0.1, 0.15) is 150 Å². The molecule has 1 saturated heterocycles. The molecule has 3 aliphatic rings. The summed E-state index contributed by atoms with van der Waals surface area (Å²) in [5.74, 6) is -0.0325. The van der Waals surface area contributed by atoms with Crippen molar-refractivity contribution in [2.45, 2.75) is 175 Å². The summed E-state index contributed by atoms with van der Waals surface area (Å²) in [6, 6.07) is 5.62. The van der Waals surface area contributed by atoms with Crippen molar-refractivity contribution >= 4 is 17.9 Å². The monoisotopic (exact) mass is 728 g/mol. The van der Waals surface area contributed by atoms with E-state index >= 15 is 0 Å². The van der Waals surface area contributed by atoms with Crippen molar-refractivity contribution in [2.24, 2.45) is 17.8 Å². The molecular weight excluding hydrogens is 664 g/mol. The Bertz CT molecular complexity index is 1380. The van der Waals surface area contributed by atoms with Gasteiger partial charge >= 0.3 is 17.9 Å². The van der Waals surface area contributed by atoms with Crippen LogP contribution in [0.5, 0.6) is 11.5 Å². The summed E-state index contributed by atoms with van der Waals surface area (Å²) in [7, 11) is 0. The number of cyclic esters (lactones) is 1. The van der Waals surface area contributed by atoms with Crippen LogP contribution < -0.4 is 9.47 Å². The molecule has 1 aromatic rings. The minimum atomic E-state index is -1.07. The lowest BCUT2D eigenvalue weighted by molar-refractivity contribution is -0.165. The number of rotatable bonds is 21. The highest BCUT2D eigenvalue weighted by atomic mass is 16.8. The molecule has 0 radical (unpaired) electrons. The third-order valence-electron chi connectivity index (χ3n) is 10.6. The highest BCUT2D eigenvalue weighted by Crippen LogP contribution is 2.38. The number of esters is 3. The van der Waals surface area contributed by atoms with Crippen LogP contribution in [0.3, 0.4) is 0 Å². The normalized spacial score (nSPS) is 23.6. The van der Waals surface area contributed by atoms with Crippen molar-refractivity contribution in [3.8, 4) is 11.5 Å². The smallest absolute Gasteiger partial charge is 0.378 e. The van der Waals surface area contributed by atoms with E-state index in [0.29, 0.717) is 25.0 Å². The Morgan fingerprint density at radius 2 is 1.50 bits per heavy atom. The van der Waals surface area contributed by atoms with Crippen molar-refractivity contribution in [1.82, 2.24) is 0 Å². The number of aryl methyl sites for hydroxylation is 1. The Kier molecular flexibility index (Phi) is 15.4. The van der Waals surface area contributed by atoms with Crippen LogP contribution in [0.2, 0.25) is 0 Å². The number of aliphatic hydroxyl groups is 1. The van der Waals surface area contributed by atoms with Gasteiger partial charge in [-0.05, 0) is 101 Å². The number of unbranched alkanes of at least 4 members (excludes halogenated alkanes) is 2. The van der Waals surface area contributed by atoms with Crippen LogP contribution >= 0.6 is 0 Å². The van der Waals surface area contributed by atoms with Crippen LogP contribution in [0, 0.1) is 17.8 Å². The Balaban J connectivity index is 1.09. The van der Waals surface area contributed by atoms with E-state index in [-0.39, 0.29) is 36.8 Å². The van der Waals surface area contributed by atoms with E-state index in [2.05, 4.69) is 34.6 Å². The van der Waals surface area contributed by atoms with E-state index in [1.165, 1.54) is 44.9 Å². The van der Waals surface area contributed by atoms with Gasteiger partial charge in [-0.2, -0.15) is 0 Å².